The van der Waals surface area contributed by atoms with Crippen LogP contribution >= 0.6 is 0 Å². The zero-order valence-electron chi connectivity index (χ0n) is 31.2. The summed E-state index contributed by atoms with van der Waals surface area (Å²) in [5.41, 5.74) is 1.69. The number of hydrogen-bond acceptors (Lipinski definition) is 8. The van der Waals surface area contributed by atoms with E-state index in [1.54, 1.807) is 0 Å². The van der Waals surface area contributed by atoms with Crippen molar-refractivity contribution in [1.82, 2.24) is 14.9 Å². The number of nitrogens with one attached hydrogen (secondary N) is 1. The summed E-state index contributed by atoms with van der Waals surface area (Å²) in [5, 5.41) is 12.6. The third-order valence-electron chi connectivity index (χ3n) is 10.5. The molecule has 0 radical (unpaired) electrons. The van der Waals surface area contributed by atoms with Gasteiger partial charge in [0.2, 0.25) is 5.95 Å². The molecule has 1 spiro atoms. The van der Waals surface area contributed by atoms with Gasteiger partial charge in [-0.1, -0.05) is 94.1 Å². The van der Waals surface area contributed by atoms with Crippen LogP contribution in [0.15, 0.2) is 64.3 Å². The van der Waals surface area contributed by atoms with Crippen LogP contribution in [0.25, 0.3) is 0 Å². The van der Waals surface area contributed by atoms with Gasteiger partial charge in [0, 0.05) is 18.5 Å². The van der Waals surface area contributed by atoms with Crippen molar-refractivity contribution in [2.75, 3.05) is 23.7 Å². The van der Waals surface area contributed by atoms with Crippen molar-refractivity contribution in [2.24, 2.45) is 11.3 Å². The van der Waals surface area contributed by atoms with Crippen LogP contribution in [-0.4, -0.2) is 59.6 Å². The normalized spacial score (nSPS) is 17.5. The summed E-state index contributed by atoms with van der Waals surface area (Å²) in [5.74, 6) is -1.40. The van der Waals surface area contributed by atoms with E-state index >= 15 is 0 Å². The third-order valence-corrected chi connectivity index (χ3v) is 12.3. The summed E-state index contributed by atoms with van der Waals surface area (Å²) in [6.07, 6.45) is 4.99. The number of aliphatic carboxylic acids is 1. The highest BCUT2D eigenvalue weighted by molar-refractivity contribution is 7.91. The molecule has 3 aromatic rings. The van der Waals surface area contributed by atoms with Crippen LogP contribution in [0.2, 0.25) is 0 Å². The molecule has 2 aliphatic rings. The fourth-order valence-electron chi connectivity index (χ4n) is 7.77. The summed E-state index contributed by atoms with van der Waals surface area (Å²) in [4.78, 5) is 46.0. The van der Waals surface area contributed by atoms with Gasteiger partial charge < -0.3 is 20.1 Å². The van der Waals surface area contributed by atoms with Gasteiger partial charge in [-0.05, 0) is 69.1 Å². The standard InChI is InChI=1S/C40H54N4O7S/c1-6-8-14-28(7-2)25-32-34(52(49,50)24-19-33(45)46)36(47)44(27-29-15-10-9-11-16-29)37(41-32)43-22-20-40(21-23-43)26-30-17-12-13-18-31(30)35(40)42-38(48)51-39(3,4)5/h9-13,15-18,28,35H,6-8,14,19-27H2,1-5H3,(H,42,48)(H,45,46)/t28?,35-/m1/s1. The Morgan fingerprint density at radius 1 is 1.06 bits per heavy atom. The number of carboxylic acid groups (broad SMARTS) is 1. The number of amides is 1. The smallest absolute Gasteiger partial charge is 0.408 e. The van der Waals surface area contributed by atoms with Crippen molar-refractivity contribution < 1.29 is 27.9 Å². The molecule has 11 nitrogen and oxygen atoms in total. The Hall–Kier alpha value is -4.19. The molecule has 1 unspecified atom stereocenters. The molecule has 0 bridgehead atoms. The number of nitrogens with zero attached hydrogens (tertiary/aromatic N) is 3. The largest absolute Gasteiger partial charge is 0.481 e. The quantitative estimate of drug-likeness (QED) is 0.185. The molecule has 2 heterocycles. The minimum atomic E-state index is -4.28. The van der Waals surface area contributed by atoms with Gasteiger partial charge in [0.05, 0.1) is 30.5 Å². The highest BCUT2D eigenvalue weighted by atomic mass is 32.2. The topological polar surface area (TPSA) is 148 Å². The SMILES string of the molecule is CCCCC(CC)Cc1nc(N2CCC3(CC2)Cc2ccccc2[C@H]3NC(=O)OC(C)(C)C)n(Cc2ccccc2)c(=O)c1S(=O)(=O)CCC(=O)O. The average molecular weight is 735 g/mol. The number of fused-ring (bicyclic) bond motifs is 1. The number of carbonyl (C=O) groups is 2. The van der Waals surface area contributed by atoms with Crippen molar-refractivity contribution in [2.45, 2.75) is 115 Å². The van der Waals surface area contributed by atoms with Gasteiger partial charge in [0.15, 0.2) is 14.7 Å². The second-order valence-corrected chi connectivity index (χ2v) is 17.5. The first-order valence-electron chi connectivity index (χ1n) is 18.6. The van der Waals surface area contributed by atoms with E-state index in [1.165, 1.54) is 10.1 Å². The van der Waals surface area contributed by atoms with Crippen LogP contribution in [0.1, 0.15) is 108 Å². The molecule has 1 aromatic heterocycles. The number of carbonyl (C=O) groups excluding carboxylic acids is 1. The van der Waals surface area contributed by atoms with Gasteiger partial charge in [-0.3, -0.25) is 14.2 Å². The first-order valence-corrected chi connectivity index (χ1v) is 20.3. The Morgan fingerprint density at radius 2 is 1.73 bits per heavy atom. The maximum absolute atomic E-state index is 14.6. The van der Waals surface area contributed by atoms with Crippen molar-refractivity contribution >= 4 is 27.8 Å². The Balaban J connectivity index is 1.57. The molecule has 282 valence electrons. The van der Waals surface area contributed by atoms with E-state index in [4.69, 9.17) is 9.72 Å². The van der Waals surface area contributed by atoms with Crippen molar-refractivity contribution in [3.8, 4) is 0 Å². The Bertz CT molecular complexity index is 1890. The first kappa shape index (κ1) is 39.0. The first-order chi connectivity index (χ1) is 24.7. The van der Waals surface area contributed by atoms with E-state index in [0.29, 0.717) is 38.3 Å². The van der Waals surface area contributed by atoms with E-state index in [0.717, 1.165) is 43.2 Å². The molecule has 2 N–H and O–H groups in total. The van der Waals surface area contributed by atoms with E-state index in [-0.39, 0.29) is 34.5 Å². The molecule has 1 aliphatic heterocycles. The van der Waals surface area contributed by atoms with Gasteiger partial charge in [0.25, 0.3) is 5.56 Å². The number of piperidine rings is 1. The van der Waals surface area contributed by atoms with E-state index in [9.17, 15) is 27.9 Å². The lowest BCUT2D eigenvalue weighted by molar-refractivity contribution is -0.136. The number of rotatable bonds is 14. The molecule has 52 heavy (non-hydrogen) atoms. The van der Waals surface area contributed by atoms with Gasteiger partial charge in [-0.25, -0.2) is 18.2 Å². The van der Waals surface area contributed by atoms with Crippen LogP contribution in [0.4, 0.5) is 10.7 Å². The fraction of sp³-hybridized carbons (Fsp3) is 0.550. The minimum absolute atomic E-state index is 0.104. The number of sulfone groups is 1. The minimum Gasteiger partial charge on any atom is -0.481 e. The van der Waals surface area contributed by atoms with E-state index in [2.05, 4.69) is 36.2 Å². The number of unbranched alkanes of at least 4 members (excludes halogenated alkanes) is 1. The van der Waals surface area contributed by atoms with Crippen molar-refractivity contribution in [1.29, 1.82) is 0 Å². The lowest BCUT2D eigenvalue weighted by Crippen LogP contribution is -2.49. The number of ether oxygens (including phenoxy) is 1. The van der Waals surface area contributed by atoms with Gasteiger partial charge in [-0.15, -0.1) is 0 Å². The van der Waals surface area contributed by atoms with Gasteiger partial charge in [0.1, 0.15) is 5.60 Å². The summed E-state index contributed by atoms with van der Waals surface area (Å²) in [6.45, 7) is 10.8. The number of aromatic nitrogens is 2. The monoisotopic (exact) mass is 734 g/mol. The molecule has 5 rings (SSSR count). The zero-order valence-corrected chi connectivity index (χ0v) is 32.0. The molecule has 0 saturated carbocycles. The van der Waals surface area contributed by atoms with Gasteiger partial charge >= 0.3 is 12.1 Å². The third kappa shape index (κ3) is 9.05. The number of benzene rings is 2. The van der Waals surface area contributed by atoms with E-state index < -0.39 is 45.2 Å². The lowest BCUT2D eigenvalue weighted by atomic mass is 9.73. The summed E-state index contributed by atoms with van der Waals surface area (Å²) >= 11 is 0. The molecule has 1 saturated heterocycles. The lowest BCUT2D eigenvalue weighted by Gasteiger charge is -2.44. The number of carboxylic acids is 1. The number of alkyl carbamates (subject to hydrolysis) is 1. The average Bonchev–Trinajstić information content (AvgIpc) is 3.38. The highest BCUT2D eigenvalue weighted by Crippen LogP contribution is 2.52. The molecule has 1 aliphatic carbocycles. The Morgan fingerprint density at radius 3 is 2.37 bits per heavy atom. The second kappa shape index (κ2) is 16.2. The molecule has 1 amide bonds. The molecular weight excluding hydrogens is 681 g/mol. The van der Waals surface area contributed by atoms with E-state index in [1.807, 2.05) is 63.2 Å². The predicted molar refractivity (Wildman–Crippen MR) is 201 cm³/mol. The molecule has 1 fully saturated rings. The summed E-state index contributed by atoms with van der Waals surface area (Å²) in [6, 6.07) is 17.3. The number of hydrogen-bond donors (Lipinski definition) is 2. The maximum atomic E-state index is 14.6. The molecular formula is C40H54N4O7S. The van der Waals surface area contributed by atoms with Crippen molar-refractivity contribution in [3.63, 3.8) is 0 Å². The maximum Gasteiger partial charge on any atom is 0.408 e. The van der Waals surface area contributed by atoms with Crippen LogP contribution in [0, 0.1) is 11.3 Å². The van der Waals surface area contributed by atoms with Crippen LogP contribution < -0.4 is 15.8 Å². The van der Waals surface area contributed by atoms with Crippen LogP contribution in [0.5, 0.6) is 0 Å². The molecule has 2 atom stereocenters. The second-order valence-electron chi connectivity index (χ2n) is 15.5. The van der Waals surface area contributed by atoms with Crippen LogP contribution in [0.3, 0.4) is 0 Å². The molecule has 12 heteroatoms. The van der Waals surface area contributed by atoms with Crippen LogP contribution in [-0.2, 0) is 38.8 Å². The zero-order chi connectivity index (χ0) is 37.7. The fourth-order valence-corrected chi connectivity index (χ4v) is 9.28. The Labute approximate surface area is 307 Å². The Kier molecular flexibility index (Phi) is 12.2. The highest BCUT2D eigenvalue weighted by Gasteiger charge is 2.49. The molecule has 2 aromatic carbocycles. The predicted octanol–water partition coefficient (Wildman–Crippen LogP) is 6.71. The summed E-state index contributed by atoms with van der Waals surface area (Å²) in [7, 11) is -4.28. The van der Waals surface area contributed by atoms with Gasteiger partial charge in [-0.2, -0.15) is 0 Å². The van der Waals surface area contributed by atoms with Crippen molar-refractivity contribution in [3.05, 3.63) is 87.3 Å². The summed E-state index contributed by atoms with van der Waals surface area (Å²) < 4.78 is 34.9. The number of anilines is 1.